The van der Waals surface area contributed by atoms with Gasteiger partial charge < -0.3 is 20.6 Å². The molecule has 2 amide bonds. The number of para-hydroxylation sites is 1. The second-order valence-electron chi connectivity index (χ2n) is 8.87. The van der Waals surface area contributed by atoms with Crippen molar-refractivity contribution in [3.63, 3.8) is 0 Å². The van der Waals surface area contributed by atoms with Crippen LogP contribution in [0.3, 0.4) is 0 Å². The summed E-state index contributed by atoms with van der Waals surface area (Å²) in [7, 11) is 0. The van der Waals surface area contributed by atoms with Gasteiger partial charge in [-0.2, -0.15) is 5.26 Å². The first-order chi connectivity index (χ1) is 17.4. The topological polar surface area (TPSA) is 118 Å². The van der Waals surface area contributed by atoms with Gasteiger partial charge in [0.2, 0.25) is 11.8 Å². The number of pyridine rings is 1. The zero-order valence-electron chi connectivity index (χ0n) is 20.3. The number of aromatic hydroxyl groups is 1. The van der Waals surface area contributed by atoms with Gasteiger partial charge in [0, 0.05) is 36.7 Å². The summed E-state index contributed by atoms with van der Waals surface area (Å²) < 4.78 is 0. The van der Waals surface area contributed by atoms with Crippen molar-refractivity contribution in [1.82, 2.24) is 9.88 Å². The van der Waals surface area contributed by atoms with E-state index < -0.39 is 0 Å². The monoisotopic (exact) mass is 483 g/mol. The lowest BCUT2D eigenvalue weighted by Gasteiger charge is -2.25. The maximum absolute atomic E-state index is 12.6. The molecule has 36 heavy (non-hydrogen) atoms. The maximum Gasteiger partial charge on any atom is 0.225 e. The Labute approximate surface area is 210 Å². The number of amides is 2. The first-order valence-corrected chi connectivity index (χ1v) is 12.1. The molecule has 0 saturated carbocycles. The summed E-state index contributed by atoms with van der Waals surface area (Å²) in [4.78, 5) is 31.2. The molecule has 184 valence electrons. The van der Waals surface area contributed by atoms with E-state index >= 15 is 0 Å². The minimum Gasteiger partial charge on any atom is -0.507 e. The van der Waals surface area contributed by atoms with Crippen LogP contribution in [-0.4, -0.2) is 46.4 Å². The molecular formula is C28H29N5O3. The van der Waals surface area contributed by atoms with Crippen molar-refractivity contribution in [1.29, 1.82) is 5.26 Å². The normalized spacial score (nSPS) is 13.6. The molecule has 0 atom stereocenters. The number of hydrogen-bond donors (Lipinski definition) is 3. The summed E-state index contributed by atoms with van der Waals surface area (Å²) in [5.74, 6) is -0.295. The first kappa shape index (κ1) is 24.9. The van der Waals surface area contributed by atoms with Crippen LogP contribution in [0, 0.1) is 11.3 Å². The third kappa shape index (κ3) is 6.06. The van der Waals surface area contributed by atoms with Crippen molar-refractivity contribution in [2.75, 3.05) is 30.3 Å². The molecule has 8 heteroatoms. The van der Waals surface area contributed by atoms with Crippen LogP contribution in [0.1, 0.15) is 38.2 Å². The molecule has 0 bridgehead atoms. The number of anilines is 2. The zero-order chi connectivity index (χ0) is 25.5. The van der Waals surface area contributed by atoms with E-state index in [-0.39, 0.29) is 28.9 Å². The summed E-state index contributed by atoms with van der Waals surface area (Å²) in [6.07, 6.45) is 4.03. The number of phenols is 1. The highest BCUT2D eigenvalue weighted by Gasteiger charge is 2.18. The molecule has 0 radical (unpaired) electrons. The second kappa shape index (κ2) is 11.5. The van der Waals surface area contributed by atoms with Gasteiger partial charge in [-0.25, -0.2) is 4.98 Å². The molecule has 0 unspecified atom stereocenters. The van der Waals surface area contributed by atoms with E-state index in [9.17, 15) is 20.0 Å². The van der Waals surface area contributed by atoms with E-state index in [1.165, 1.54) is 26.2 Å². The van der Waals surface area contributed by atoms with Crippen LogP contribution >= 0.6 is 0 Å². The summed E-state index contributed by atoms with van der Waals surface area (Å²) >= 11 is 0. The average molecular weight is 484 g/mol. The highest BCUT2D eigenvalue weighted by Crippen LogP contribution is 2.36. The molecular weight excluding hydrogens is 454 g/mol. The van der Waals surface area contributed by atoms with Crippen molar-refractivity contribution in [2.24, 2.45) is 0 Å². The van der Waals surface area contributed by atoms with E-state index in [0.717, 1.165) is 19.6 Å². The number of likely N-dealkylation sites (tertiary alicyclic amines) is 1. The molecule has 4 rings (SSSR count). The van der Waals surface area contributed by atoms with Crippen LogP contribution in [0.4, 0.5) is 11.5 Å². The first-order valence-electron chi connectivity index (χ1n) is 12.1. The van der Waals surface area contributed by atoms with Crippen LogP contribution < -0.4 is 10.6 Å². The Morgan fingerprint density at radius 1 is 1.03 bits per heavy atom. The van der Waals surface area contributed by atoms with Crippen molar-refractivity contribution >= 4 is 23.3 Å². The number of nitrogens with zero attached hydrogens (tertiary/aromatic N) is 3. The molecule has 3 aromatic rings. The molecule has 1 aliphatic heterocycles. The fourth-order valence-corrected chi connectivity index (χ4v) is 4.40. The lowest BCUT2D eigenvalue weighted by molar-refractivity contribution is -0.116. The molecule has 1 aliphatic rings. The zero-order valence-corrected chi connectivity index (χ0v) is 20.3. The Morgan fingerprint density at radius 3 is 2.53 bits per heavy atom. The largest absolute Gasteiger partial charge is 0.507 e. The van der Waals surface area contributed by atoms with E-state index in [4.69, 9.17) is 0 Å². The lowest BCUT2D eigenvalue weighted by atomic mass is 9.97. The Balaban J connectivity index is 1.65. The quantitative estimate of drug-likeness (QED) is 0.446. The Kier molecular flexibility index (Phi) is 7.93. The second-order valence-corrected chi connectivity index (χ2v) is 8.87. The van der Waals surface area contributed by atoms with Gasteiger partial charge in [0.15, 0.2) is 5.82 Å². The smallest absolute Gasteiger partial charge is 0.225 e. The molecule has 0 aliphatic carbocycles. The molecule has 1 aromatic heterocycles. The summed E-state index contributed by atoms with van der Waals surface area (Å²) in [6, 6.07) is 17.8. The Hall–Kier alpha value is -4.22. The van der Waals surface area contributed by atoms with E-state index in [1.807, 2.05) is 6.07 Å². The van der Waals surface area contributed by atoms with Gasteiger partial charge in [0.25, 0.3) is 0 Å². The highest BCUT2D eigenvalue weighted by atomic mass is 16.3. The van der Waals surface area contributed by atoms with Gasteiger partial charge in [-0.05, 0) is 61.8 Å². The molecule has 1 saturated heterocycles. The van der Waals surface area contributed by atoms with Gasteiger partial charge in [0.05, 0.1) is 5.69 Å². The number of benzene rings is 2. The number of piperidine rings is 1. The number of phenolic OH excluding ortho intramolecular Hbond substituents is 1. The number of carbonyl (C=O) groups excluding carboxylic acids is 2. The van der Waals surface area contributed by atoms with E-state index in [2.05, 4.69) is 26.6 Å². The minimum atomic E-state index is -0.367. The van der Waals surface area contributed by atoms with Crippen molar-refractivity contribution in [2.45, 2.75) is 32.6 Å². The van der Waals surface area contributed by atoms with E-state index in [0.29, 0.717) is 34.5 Å². The number of aromatic nitrogens is 1. The molecule has 2 heterocycles. The number of nitrogens with one attached hydrogen (secondary N) is 2. The third-order valence-electron chi connectivity index (χ3n) is 6.17. The highest BCUT2D eigenvalue weighted by molar-refractivity contribution is 5.94. The van der Waals surface area contributed by atoms with Crippen LogP contribution in [0.25, 0.3) is 22.4 Å². The minimum absolute atomic E-state index is 0.0316. The number of hydrogen-bond acceptors (Lipinski definition) is 6. The maximum atomic E-state index is 12.6. The predicted molar refractivity (Wildman–Crippen MR) is 139 cm³/mol. The summed E-state index contributed by atoms with van der Waals surface area (Å²) in [5, 5.41) is 25.9. The fraction of sp³-hybridized carbons (Fsp3) is 0.286. The fourth-order valence-electron chi connectivity index (χ4n) is 4.40. The van der Waals surface area contributed by atoms with Crippen LogP contribution in [-0.2, 0) is 9.59 Å². The molecule has 1 fully saturated rings. The third-order valence-corrected chi connectivity index (χ3v) is 6.17. The summed E-state index contributed by atoms with van der Waals surface area (Å²) in [5.41, 5.74) is 2.88. The lowest BCUT2D eigenvalue weighted by Crippen LogP contribution is -2.32. The molecule has 8 nitrogen and oxygen atoms in total. The van der Waals surface area contributed by atoms with Crippen LogP contribution in [0.5, 0.6) is 5.75 Å². The van der Waals surface area contributed by atoms with E-state index in [1.54, 1.807) is 48.5 Å². The van der Waals surface area contributed by atoms with Gasteiger partial charge >= 0.3 is 0 Å². The SMILES string of the molecule is CC(=O)Nc1nc(-c2ccccc2O)cc(-c2cccc(NC(=O)CCN3CCCCC3)c2)c1C#N. The number of carbonyl (C=O) groups is 2. The molecule has 3 N–H and O–H groups in total. The van der Waals surface area contributed by atoms with Crippen molar-refractivity contribution in [3.8, 4) is 34.2 Å². The van der Waals surface area contributed by atoms with Gasteiger partial charge in [0.1, 0.15) is 17.4 Å². The standard InChI is InChI=1S/C28H29N5O3/c1-19(34)30-28-24(18-29)23(17-25(32-28)22-10-3-4-11-26(22)35)20-8-7-9-21(16-20)31-27(36)12-15-33-13-5-2-6-14-33/h3-4,7-11,16-17,35H,2,5-6,12-15H2,1H3,(H,31,36)(H,30,32,34). The predicted octanol–water partition coefficient (Wildman–Crippen LogP) is 4.77. The van der Waals surface area contributed by atoms with Crippen molar-refractivity contribution in [3.05, 3.63) is 60.2 Å². The van der Waals surface area contributed by atoms with Gasteiger partial charge in [-0.3, -0.25) is 9.59 Å². The van der Waals surface area contributed by atoms with Crippen LogP contribution in [0.15, 0.2) is 54.6 Å². The Bertz CT molecular complexity index is 1310. The molecule has 2 aromatic carbocycles. The average Bonchev–Trinajstić information content (AvgIpc) is 2.88. The van der Waals surface area contributed by atoms with Crippen molar-refractivity contribution < 1.29 is 14.7 Å². The van der Waals surface area contributed by atoms with Gasteiger partial charge in [-0.1, -0.05) is 30.7 Å². The molecule has 0 spiro atoms. The van der Waals surface area contributed by atoms with Crippen LogP contribution in [0.2, 0.25) is 0 Å². The summed E-state index contributed by atoms with van der Waals surface area (Å²) in [6.45, 7) is 4.16. The number of nitriles is 1. The van der Waals surface area contributed by atoms with Gasteiger partial charge in [-0.15, -0.1) is 0 Å². The Morgan fingerprint density at radius 2 is 1.81 bits per heavy atom. The number of rotatable bonds is 7.